The molecule has 0 aromatic heterocycles. The van der Waals surface area contributed by atoms with Gasteiger partial charge in [-0.2, -0.15) is 0 Å². The van der Waals surface area contributed by atoms with E-state index >= 15 is 0 Å². The van der Waals surface area contributed by atoms with Crippen LogP contribution in [0.1, 0.15) is 36.5 Å². The summed E-state index contributed by atoms with van der Waals surface area (Å²) < 4.78 is 5.24. The normalized spacial score (nSPS) is 14.8. The van der Waals surface area contributed by atoms with E-state index in [1.807, 2.05) is 0 Å². The van der Waals surface area contributed by atoms with E-state index in [4.69, 9.17) is 4.74 Å². The molecule has 0 bridgehead atoms. The van der Waals surface area contributed by atoms with Crippen LogP contribution in [0.5, 0.6) is 0 Å². The summed E-state index contributed by atoms with van der Waals surface area (Å²) in [5.74, 6) is 0.0336. The molecule has 2 rings (SSSR count). The minimum absolute atomic E-state index is 0.0159. The average Bonchev–Trinajstić information content (AvgIpc) is 2.54. The molecule has 1 fully saturated rings. The molecule has 1 N–H and O–H groups in total. The van der Waals surface area contributed by atoms with E-state index in [-0.39, 0.29) is 11.8 Å². The fourth-order valence-corrected chi connectivity index (χ4v) is 2.21. The van der Waals surface area contributed by atoms with E-state index < -0.39 is 0 Å². The maximum Gasteiger partial charge on any atom is 0.254 e. The summed E-state index contributed by atoms with van der Waals surface area (Å²) in [6.45, 7) is 4.51. The minimum atomic E-state index is 0.0159. The number of carbonyl (C=O) groups excluding carboxylic acids is 2. The third-order valence-electron chi connectivity index (χ3n) is 3.47. The Balaban J connectivity index is 1.91. The summed E-state index contributed by atoms with van der Waals surface area (Å²) >= 11 is 0. The third kappa shape index (κ3) is 4.56. The lowest BCUT2D eigenvalue weighted by molar-refractivity contribution is -0.116. The fourth-order valence-electron chi connectivity index (χ4n) is 2.21. The summed E-state index contributed by atoms with van der Waals surface area (Å²) in [7, 11) is 0. The second kappa shape index (κ2) is 7.78. The van der Waals surface area contributed by atoms with E-state index in [0.29, 0.717) is 38.3 Å². The van der Waals surface area contributed by atoms with Crippen LogP contribution in [0.15, 0.2) is 24.3 Å². The number of ether oxygens (including phenoxy) is 1. The first-order valence-corrected chi connectivity index (χ1v) is 7.47. The Labute approximate surface area is 125 Å². The van der Waals surface area contributed by atoms with Gasteiger partial charge in [-0.3, -0.25) is 9.59 Å². The Morgan fingerprint density at radius 1 is 1.19 bits per heavy atom. The van der Waals surface area contributed by atoms with Gasteiger partial charge in [-0.1, -0.05) is 13.3 Å². The standard InChI is InChI=1S/C16H22N2O3/c1-2-3-4-15(19)17-14-7-5-13(6-8-14)16(20)18-9-11-21-12-10-18/h5-8H,2-4,9-12H2,1H3,(H,17,19). The molecule has 0 aliphatic carbocycles. The van der Waals surface area contributed by atoms with Crippen molar-refractivity contribution in [3.63, 3.8) is 0 Å². The molecular formula is C16H22N2O3. The van der Waals surface area contributed by atoms with Gasteiger partial charge in [-0.05, 0) is 30.7 Å². The predicted molar refractivity (Wildman–Crippen MR) is 81.3 cm³/mol. The highest BCUT2D eigenvalue weighted by molar-refractivity contribution is 5.95. The van der Waals surface area contributed by atoms with Gasteiger partial charge in [0.05, 0.1) is 13.2 Å². The van der Waals surface area contributed by atoms with Crippen LogP contribution in [-0.4, -0.2) is 43.0 Å². The van der Waals surface area contributed by atoms with Gasteiger partial charge >= 0.3 is 0 Å². The molecule has 0 unspecified atom stereocenters. The van der Waals surface area contributed by atoms with Crippen LogP contribution in [0.2, 0.25) is 0 Å². The number of unbranched alkanes of at least 4 members (excludes halogenated alkanes) is 1. The van der Waals surface area contributed by atoms with Crippen molar-refractivity contribution >= 4 is 17.5 Å². The van der Waals surface area contributed by atoms with E-state index in [1.165, 1.54) is 0 Å². The molecule has 114 valence electrons. The summed E-state index contributed by atoms with van der Waals surface area (Å²) in [4.78, 5) is 25.7. The highest BCUT2D eigenvalue weighted by Gasteiger charge is 2.18. The van der Waals surface area contributed by atoms with Crippen molar-refractivity contribution < 1.29 is 14.3 Å². The number of morpholine rings is 1. The van der Waals surface area contributed by atoms with Crippen LogP contribution >= 0.6 is 0 Å². The number of rotatable bonds is 5. The van der Waals surface area contributed by atoms with Gasteiger partial charge < -0.3 is 15.0 Å². The first kappa shape index (κ1) is 15.5. The molecule has 0 saturated carbocycles. The van der Waals surface area contributed by atoms with Crippen molar-refractivity contribution in [2.75, 3.05) is 31.6 Å². The van der Waals surface area contributed by atoms with Crippen LogP contribution in [0.3, 0.4) is 0 Å². The molecule has 5 heteroatoms. The number of nitrogens with zero attached hydrogens (tertiary/aromatic N) is 1. The molecule has 5 nitrogen and oxygen atoms in total. The summed E-state index contributed by atoms with van der Waals surface area (Å²) in [6, 6.07) is 7.06. The largest absolute Gasteiger partial charge is 0.378 e. The van der Waals surface area contributed by atoms with Crippen LogP contribution in [-0.2, 0) is 9.53 Å². The monoisotopic (exact) mass is 290 g/mol. The molecule has 0 spiro atoms. The molecule has 21 heavy (non-hydrogen) atoms. The van der Waals surface area contributed by atoms with Crippen LogP contribution < -0.4 is 5.32 Å². The maximum absolute atomic E-state index is 12.3. The van der Waals surface area contributed by atoms with E-state index in [9.17, 15) is 9.59 Å². The molecule has 1 heterocycles. The van der Waals surface area contributed by atoms with Crippen molar-refractivity contribution in [2.24, 2.45) is 0 Å². The Hall–Kier alpha value is -1.88. The second-order valence-electron chi connectivity index (χ2n) is 5.13. The third-order valence-corrected chi connectivity index (χ3v) is 3.47. The van der Waals surface area contributed by atoms with Crippen LogP contribution in [0.25, 0.3) is 0 Å². The average molecular weight is 290 g/mol. The molecule has 0 radical (unpaired) electrons. The first-order chi connectivity index (χ1) is 10.2. The lowest BCUT2D eigenvalue weighted by Crippen LogP contribution is -2.40. The fraction of sp³-hybridized carbons (Fsp3) is 0.500. The van der Waals surface area contributed by atoms with E-state index in [0.717, 1.165) is 18.5 Å². The van der Waals surface area contributed by atoms with Gasteiger partial charge in [-0.15, -0.1) is 0 Å². The number of hydrogen-bond acceptors (Lipinski definition) is 3. The molecule has 1 saturated heterocycles. The zero-order valence-corrected chi connectivity index (χ0v) is 12.4. The molecule has 0 atom stereocenters. The zero-order chi connectivity index (χ0) is 15.1. The van der Waals surface area contributed by atoms with Crippen molar-refractivity contribution in [1.82, 2.24) is 4.90 Å². The van der Waals surface area contributed by atoms with Crippen molar-refractivity contribution in [3.05, 3.63) is 29.8 Å². The molecule has 2 amide bonds. The number of hydrogen-bond donors (Lipinski definition) is 1. The Bertz CT molecular complexity index is 479. The summed E-state index contributed by atoms with van der Waals surface area (Å²) in [5.41, 5.74) is 1.37. The molecule has 1 aromatic carbocycles. The number of nitrogens with one attached hydrogen (secondary N) is 1. The SMILES string of the molecule is CCCCC(=O)Nc1ccc(C(=O)N2CCOCC2)cc1. The number of carbonyl (C=O) groups is 2. The Kier molecular flexibility index (Phi) is 5.75. The van der Waals surface area contributed by atoms with Crippen molar-refractivity contribution in [1.29, 1.82) is 0 Å². The minimum Gasteiger partial charge on any atom is -0.378 e. The lowest BCUT2D eigenvalue weighted by Gasteiger charge is -2.26. The number of amides is 2. The highest BCUT2D eigenvalue weighted by atomic mass is 16.5. The van der Waals surface area contributed by atoms with Gasteiger partial charge in [0, 0.05) is 30.8 Å². The van der Waals surface area contributed by atoms with Gasteiger partial charge in [0.1, 0.15) is 0 Å². The van der Waals surface area contributed by atoms with Gasteiger partial charge in [0.25, 0.3) is 5.91 Å². The topological polar surface area (TPSA) is 58.6 Å². The van der Waals surface area contributed by atoms with E-state index in [1.54, 1.807) is 29.2 Å². The second-order valence-corrected chi connectivity index (χ2v) is 5.13. The Morgan fingerprint density at radius 3 is 2.48 bits per heavy atom. The molecule has 1 aliphatic rings. The van der Waals surface area contributed by atoms with Gasteiger partial charge in [0.2, 0.25) is 5.91 Å². The van der Waals surface area contributed by atoms with E-state index in [2.05, 4.69) is 12.2 Å². The smallest absolute Gasteiger partial charge is 0.254 e. The van der Waals surface area contributed by atoms with Crippen molar-refractivity contribution in [3.8, 4) is 0 Å². The van der Waals surface area contributed by atoms with Crippen LogP contribution in [0.4, 0.5) is 5.69 Å². The van der Waals surface area contributed by atoms with Crippen molar-refractivity contribution in [2.45, 2.75) is 26.2 Å². The highest BCUT2D eigenvalue weighted by Crippen LogP contribution is 2.13. The van der Waals surface area contributed by atoms with Gasteiger partial charge in [-0.25, -0.2) is 0 Å². The first-order valence-electron chi connectivity index (χ1n) is 7.47. The lowest BCUT2D eigenvalue weighted by atomic mass is 10.1. The van der Waals surface area contributed by atoms with Crippen LogP contribution in [0, 0.1) is 0 Å². The summed E-state index contributed by atoms with van der Waals surface area (Å²) in [5, 5.41) is 2.84. The van der Waals surface area contributed by atoms with Gasteiger partial charge in [0.15, 0.2) is 0 Å². The maximum atomic E-state index is 12.3. The zero-order valence-electron chi connectivity index (χ0n) is 12.4. The molecular weight excluding hydrogens is 268 g/mol. The molecule has 1 aromatic rings. The summed E-state index contributed by atoms with van der Waals surface area (Å²) in [6.07, 6.45) is 2.42. The predicted octanol–water partition coefficient (Wildman–Crippen LogP) is 2.29. The molecule has 1 aliphatic heterocycles. The number of benzene rings is 1. The quantitative estimate of drug-likeness (QED) is 0.905. The number of anilines is 1. The Morgan fingerprint density at radius 2 is 1.86 bits per heavy atom.